The first-order valence-electron chi connectivity index (χ1n) is 5.92. The third-order valence-corrected chi connectivity index (χ3v) is 4.93. The molecule has 0 saturated heterocycles. The lowest BCUT2D eigenvalue weighted by molar-refractivity contribution is 0.574. The molecular weight excluding hydrogens is 293 g/mol. The number of nitrogens with one attached hydrogen (secondary N) is 1. The molecule has 0 unspecified atom stereocenters. The minimum absolute atomic E-state index is 0.0381. The van der Waals surface area contributed by atoms with Crippen LogP contribution in [0.2, 0.25) is 10.0 Å². The van der Waals surface area contributed by atoms with Gasteiger partial charge in [0.15, 0.2) is 0 Å². The second kappa shape index (κ2) is 7.34. The largest absolute Gasteiger partial charge is 0.243 e. The Morgan fingerprint density at radius 3 is 2.28 bits per heavy atom. The van der Waals surface area contributed by atoms with Gasteiger partial charge in [-0.25, -0.2) is 13.1 Å². The van der Waals surface area contributed by atoms with Crippen LogP contribution in [0.15, 0.2) is 23.1 Å². The van der Waals surface area contributed by atoms with Gasteiger partial charge >= 0.3 is 0 Å². The highest BCUT2D eigenvalue weighted by atomic mass is 35.5. The first-order valence-corrected chi connectivity index (χ1v) is 8.16. The summed E-state index contributed by atoms with van der Waals surface area (Å²) < 4.78 is 26.6. The van der Waals surface area contributed by atoms with Gasteiger partial charge in [0.2, 0.25) is 10.0 Å². The lowest BCUT2D eigenvalue weighted by Gasteiger charge is -2.09. The Labute approximate surface area is 119 Å². The van der Waals surface area contributed by atoms with Crippen molar-refractivity contribution >= 4 is 33.2 Å². The Hall–Kier alpha value is -0.290. The molecule has 102 valence electrons. The van der Waals surface area contributed by atoms with Gasteiger partial charge < -0.3 is 0 Å². The summed E-state index contributed by atoms with van der Waals surface area (Å²) in [4.78, 5) is -0.0381. The second-order valence-corrected chi connectivity index (χ2v) is 6.53. The fraction of sp³-hybridized carbons (Fsp3) is 0.500. The van der Waals surface area contributed by atoms with E-state index in [1.54, 1.807) is 6.07 Å². The predicted octanol–water partition coefficient (Wildman–Crippen LogP) is 3.85. The van der Waals surface area contributed by atoms with E-state index >= 15 is 0 Å². The molecule has 6 heteroatoms. The molecule has 0 heterocycles. The molecule has 0 atom stereocenters. The summed E-state index contributed by atoms with van der Waals surface area (Å²) in [6.45, 7) is 2.51. The SMILES string of the molecule is CCCCCCNS(=O)(=O)c1c(Cl)cccc1Cl. The molecule has 0 aliphatic carbocycles. The third kappa shape index (κ3) is 4.43. The Kier molecular flexibility index (Phi) is 6.43. The molecule has 1 aromatic carbocycles. The van der Waals surface area contributed by atoms with E-state index in [4.69, 9.17) is 23.2 Å². The topological polar surface area (TPSA) is 46.2 Å². The van der Waals surface area contributed by atoms with E-state index in [1.807, 2.05) is 0 Å². The van der Waals surface area contributed by atoms with Gasteiger partial charge in [-0.3, -0.25) is 0 Å². The van der Waals surface area contributed by atoms with E-state index in [9.17, 15) is 8.42 Å². The summed E-state index contributed by atoms with van der Waals surface area (Å²) in [5.41, 5.74) is 0. The van der Waals surface area contributed by atoms with Gasteiger partial charge in [0.05, 0.1) is 10.0 Å². The number of rotatable bonds is 7. The molecule has 0 aliphatic rings. The molecule has 3 nitrogen and oxygen atoms in total. The van der Waals surface area contributed by atoms with Crippen molar-refractivity contribution in [3.8, 4) is 0 Å². The standard InChI is InChI=1S/C12H17Cl2NO2S/c1-2-3-4-5-9-15-18(16,17)12-10(13)7-6-8-11(12)14/h6-8,15H,2-5,9H2,1H3. The van der Waals surface area contributed by atoms with E-state index in [0.29, 0.717) is 6.54 Å². The fourth-order valence-corrected chi connectivity index (χ4v) is 3.78. The quantitative estimate of drug-likeness (QED) is 0.778. The van der Waals surface area contributed by atoms with Gasteiger partial charge in [0, 0.05) is 6.54 Å². The van der Waals surface area contributed by atoms with Gasteiger partial charge in [-0.2, -0.15) is 0 Å². The molecule has 0 aromatic heterocycles. The molecule has 0 saturated carbocycles. The van der Waals surface area contributed by atoms with Crippen molar-refractivity contribution in [1.82, 2.24) is 4.72 Å². The van der Waals surface area contributed by atoms with Gasteiger partial charge in [0.25, 0.3) is 0 Å². The molecule has 1 aromatic rings. The van der Waals surface area contributed by atoms with Crippen LogP contribution in [0.5, 0.6) is 0 Å². The van der Waals surface area contributed by atoms with E-state index in [2.05, 4.69) is 11.6 Å². The maximum atomic E-state index is 12.0. The summed E-state index contributed by atoms with van der Waals surface area (Å²) in [5.74, 6) is 0. The smallest absolute Gasteiger partial charge is 0.211 e. The highest BCUT2D eigenvalue weighted by Gasteiger charge is 2.20. The maximum absolute atomic E-state index is 12.0. The van der Waals surface area contributed by atoms with Crippen LogP contribution in [0.4, 0.5) is 0 Å². The minimum Gasteiger partial charge on any atom is -0.211 e. The van der Waals surface area contributed by atoms with E-state index < -0.39 is 10.0 Å². The summed E-state index contributed by atoms with van der Waals surface area (Å²) in [7, 11) is -3.62. The number of unbranched alkanes of at least 4 members (excludes halogenated alkanes) is 3. The average Bonchev–Trinajstić information content (AvgIpc) is 2.28. The molecule has 1 N–H and O–H groups in total. The van der Waals surface area contributed by atoms with E-state index in [1.165, 1.54) is 12.1 Å². The monoisotopic (exact) mass is 309 g/mol. The molecule has 18 heavy (non-hydrogen) atoms. The minimum atomic E-state index is -3.62. The lowest BCUT2D eigenvalue weighted by atomic mass is 10.2. The summed E-state index contributed by atoms with van der Waals surface area (Å²) >= 11 is 11.7. The molecular formula is C12H17Cl2NO2S. The number of halogens is 2. The van der Waals surface area contributed by atoms with Crippen LogP contribution in [-0.4, -0.2) is 15.0 Å². The van der Waals surface area contributed by atoms with Crippen molar-refractivity contribution in [2.24, 2.45) is 0 Å². The molecule has 0 fully saturated rings. The van der Waals surface area contributed by atoms with Crippen LogP contribution in [0.25, 0.3) is 0 Å². The van der Waals surface area contributed by atoms with Crippen molar-refractivity contribution in [2.75, 3.05) is 6.54 Å². The van der Waals surface area contributed by atoms with Crippen LogP contribution in [-0.2, 0) is 10.0 Å². The zero-order valence-corrected chi connectivity index (χ0v) is 12.6. The highest BCUT2D eigenvalue weighted by molar-refractivity contribution is 7.89. The van der Waals surface area contributed by atoms with Crippen LogP contribution in [0, 0.1) is 0 Å². The molecule has 0 bridgehead atoms. The molecule has 0 radical (unpaired) electrons. The first kappa shape index (κ1) is 15.8. The average molecular weight is 310 g/mol. The van der Waals surface area contributed by atoms with Crippen molar-refractivity contribution in [3.05, 3.63) is 28.2 Å². The maximum Gasteiger partial charge on any atom is 0.243 e. The van der Waals surface area contributed by atoms with Gasteiger partial charge in [-0.1, -0.05) is 55.5 Å². The third-order valence-electron chi connectivity index (χ3n) is 2.51. The number of hydrogen-bond donors (Lipinski definition) is 1. The van der Waals surface area contributed by atoms with E-state index in [-0.39, 0.29) is 14.9 Å². The van der Waals surface area contributed by atoms with Crippen molar-refractivity contribution in [1.29, 1.82) is 0 Å². The molecule has 0 aliphatic heterocycles. The first-order chi connectivity index (χ1) is 8.49. The zero-order valence-electron chi connectivity index (χ0n) is 10.2. The van der Waals surface area contributed by atoms with Gasteiger partial charge in [-0.05, 0) is 18.6 Å². The van der Waals surface area contributed by atoms with Crippen molar-refractivity contribution < 1.29 is 8.42 Å². The Balaban J connectivity index is 2.69. The Bertz CT molecular complexity index is 469. The normalized spacial score (nSPS) is 11.7. The second-order valence-electron chi connectivity index (χ2n) is 4.01. The lowest BCUT2D eigenvalue weighted by Crippen LogP contribution is -2.25. The van der Waals surface area contributed by atoms with Crippen LogP contribution < -0.4 is 4.72 Å². The van der Waals surface area contributed by atoms with E-state index in [0.717, 1.165) is 25.7 Å². The van der Waals surface area contributed by atoms with Gasteiger partial charge in [-0.15, -0.1) is 0 Å². The summed E-state index contributed by atoms with van der Waals surface area (Å²) in [6, 6.07) is 4.64. The number of benzene rings is 1. The van der Waals surface area contributed by atoms with Crippen LogP contribution in [0.1, 0.15) is 32.6 Å². The summed E-state index contributed by atoms with van der Waals surface area (Å²) in [6.07, 6.45) is 4.04. The molecule has 0 amide bonds. The van der Waals surface area contributed by atoms with Crippen molar-refractivity contribution in [3.63, 3.8) is 0 Å². The molecule has 1 rings (SSSR count). The van der Waals surface area contributed by atoms with Crippen LogP contribution in [0.3, 0.4) is 0 Å². The van der Waals surface area contributed by atoms with Gasteiger partial charge in [0.1, 0.15) is 4.90 Å². The number of hydrogen-bond acceptors (Lipinski definition) is 2. The summed E-state index contributed by atoms with van der Waals surface area (Å²) in [5, 5.41) is 0.284. The van der Waals surface area contributed by atoms with Crippen LogP contribution >= 0.6 is 23.2 Å². The predicted molar refractivity (Wildman–Crippen MR) is 75.8 cm³/mol. The van der Waals surface area contributed by atoms with Crippen molar-refractivity contribution in [2.45, 2.75) is 37.5 Å². The fourth-order valence-electron chi connectivity index (χ4n) is 1.57. The number of sulfonamides is 1. The Morgan fingerprint density at radius 2 is 1.72 bits per heavy atom. The Morgan fingerprint density at radius 1 is 1.11 bits per heavy atom. The highest BCUT2D eigenvalue weighted by Crippen LogP contribution is 2.28. The molecule has 0 spiro atoms. The zero-order chi connectivity index (χ0) is 13.6.